The van der Waals surface area contributed by atoms with E-state index in [4.69, 9.17) is 14.5 Å². The summed E-state index contributed by atoms with van der Waals surface area (Å²) in [5, 5.41) is 2.79. The Balaban J connectivity index is 1.40. The predicted molar refractivity (Wildman–Crippen MR) is 151 cm³/mol. The number of nitrogens with one attached hydrogen (secondary N) is 2. The van der Waals surface area contributed by atoms with Crippen molar-refractivity contribution in [1.29, 1.82) is 0 Å². The van der Waals surface area contributed by atoms with Crippen molar-refractivity contribution in [2.45, 2.75) is 51.4 Å². The summed E-state index contributed by atoms with van der Waals surface area (Å²) in [6.07, 6.45) is 1.40. The number of piperidine rings is 1. The fourth-order valence-corrected chi connectivity index (χ4v) is 4.76. The number of hydrogen-bond donors (Lipinski definition) is 2. The Kier molecular flexibility index (Phi) is 7.49. The zero-order valence-electron chi connectivity index (χ0n) is 22.5. The number of amides is 1. The maximum Gasteiger partial charge on any atom is 0.412 e. The number of fused-ring (bicyclic) bond motifs is 1. The molecule has 1 atom stereocenters. The molecule has 0 bridgehead atoms. The fraction of sp³-hybridized carbons (Fsp3) is 0.355. The molecule has 7 nitrogen and oxygen atoms in total. The van der Waals surface area contributed by atoms with Crippen molar-refractivity contribution in [1.82, 2.24) is 14.9 Å². The minimum Gasteiger partial charge on any atom is -0.444 e. The van der Waals surface area contributed by atoms with Crippen LogP contribution in [0.1, 0.15) is 51.1 Å². The number of carbonyl (C=O) groups excluding carboxylic acids is 1. The lowest BCUT2D eigenvalue weighted by Gasteiger charge is -2.31. The third-order valence-corrected chi connectivity index (χ3v) is 6.70. The van der Waals surface area contributed by atoms with E-state index >= 15 is 0 Å². The highest BCUT2D eigenvalue weighted by atomic mass is 16.6. The van der Waals surface area contributed by atoms with Gasteiger partial charge in [0, 0.05) is 18.8 Å². The van der Waals surface area contributed by atoms with Crippen LogP contribution in [0.25, 0.3) is 22.2 Å². The van der Waals surface area contributed by atoms with E-state index in [0.29, 0.717) is 5.69 Å². The van der Waals surface area contributed by atoms with Gasteiger partial charge >= 0.3 is 6.09 Å². The number of likely N-dealkylation sites (tertiary alicyclic amines) is 1. The van der Waals surface area contributed by atoms with E-state index in [1.807, 2.05) is 69.3 Å². The molecule has 1 amide bonds. The van der Waals surface area contributed by atoms with Crippen LogP contribution in [0, 0.1) is 0 Å². The summed E-state index contributed by atoms with van der Waals surface area (Å²) in [5.41, 5.74) is 5.24. The van der Waals surface area contributed by atoms with Gasteiger partial charge in [0.05, 0.1) is 17.1 Å². The van der Waals surface area contributed by atoms with Gasteiger partial charge in [0.2, 0.25) is 0 Å². The molecule has 1 unspecified atom stereocenters. The van der Waals surface area contributed by atoms with Crippen molar-refractivity contribution in [3.8, 4) is 11.1 Å². The van der Waals surface area contributed by atoms with Gasteiger partial charge < -0.3 is 19.4 Å². The van der Waals surface area contributed by atoms with E-state index in [0.717, 1.165) is 59.5 Å². The monoisotopic (exact) mass is 512 g/mol. The third-order valence-electron chi connectivity index (χ3n) is 6.70. The van der Waals surface area contributed by atoms with Gasteiger partial charge in [-0.05, 0) is 87.7 Å². The van der Waals surface area contributed by atoms with Crippen LogP contribution >= 0.6 is 0 Å². The Bertz CT molecular complexity index is 1350. The number of benzene rings is 3. The van der Waals surface area contributed by atoms with Gasteiger partial charge in [0.15, 0.2) is 0 Å². The summed E-state index contributed by atoms with van der Waals surface area (Å²) in [4.78, 5) is 22.9. The van der Waals surface area contributed by atoms with E-state index in [-0.39, 0.29) is 12.2 Å². The Morgan fingerprint density at radius 3 is 2.45 bits per heavy atom. The highest BCUT2D eigenvalue weighted by Crippen LogP contribution is 2.32. The first-order valence-electron chi connectivity index (χ1n) is 13.2. The molecule has 38 heavy (non-hydrogen) atoms. The average molecular weight is 513 g/mol. The number of imidazole rings is 1. The van der Waals surface area contributed by atoms with E-state index < -0.39 is 11.7 Å². The van der Waals surface area contributed by atoms with Crippen molar-refractivity contribution >= 4 is 22.8 Å². The molecule has 1 fully saturated rings. The van der Waals surface area contributed by atoms with Crippen molar-refractivity contribution in [2.24, 2.45) is 0 Å². The Labute approximate surface area is 224 Å². The standard InChI is InChI=1S/C31H36N4O3/c1-31(2,3)38-30(36)32-24-14-12-21(13-15-24)22-8-7-9-23(20-22)28(37-25-16-18-35(4)19-17-25)29-33-26-10-5-6-11-27(26)34-29/h5-15,20,25,28H,16-19H2,1-4H3,(H,32,36)(H,33,34). The molecule has 0 spiro atoms. The molecule has 0 radical (unpaired) electrons. The molecule has 2 N–H and O–H groups in total. The number of aromatic nitrogens is 2. The first kappa shape index (κ1) is 25.9. The summed E-state index contributed by atoms with van der Waals surface area (Å²) >= 11 is 0. The molecule has 198 valence electrons. The van der Waals surface area contributed by atoms with Crippen LogP contribution in [0.4, 0.5) is 10.5 Å². The number of hydrogen-bond acceptors (Lipinski definition) is 5. The zero-order valence-corrected chi connectivity index (χ0v) is 22.5. The summed E-state index contributed by atoms with van der Waals surface area (Å²) < 4.78 is 12.1. The van der Waals surface area contributed by atoms with Crippen molar-refractivity contribution in [3.63, 3.8) is 0 Å². The lowest BCUT2D eigenvalue weighted by molar-refractivity contribution is -0.0264. The number of H-pyrrole nitrogens is 1. The van der Waals surface area contributed by atoms with Crippen LogP contribution in [0.15, 0.2) is 72.8 Å². The number of anilines is 1. The van der Waals surface area contributed by atoms with Gasteiger partial charge in [-0.2, -0.15) is 0 Å². The predicted octanol–water partition coefficient (Wildman–Crippen LogP) is 6.78. The third kappa shape index (κ3) is 6.41. The Hall–Kier alpha value is -3.68. The summed E-state index contributed by atoms with van der Waals surface area (Å²) in [6, 6.07) is 24.3. The molecule has 1 aliphatic heterocycles. The lowest BCUT2D eigenvalue weighted by atomic mass is 9.99. The molecule has 4 aromatic rings. The highest BCUT2D eigenvalue weighted by molar-refractivity contribution is 5.85. The van der Waals surface area contributed by atoms with Crippen molar-refractivity contribution in [2.75, 3.05) is 25.5 Å². The summed E-state index contributed by atoms with van der Waals surface area (Å²) in [7, 11) is 2.16. The maximum atomic E-state index is 12.1. The topological polar surface area (TPSA) is 79.5 Å². The summed E-state index contributed by atoms with van der Waals surface area (Å²) in [5.74, 6) is 0.819. The number of aromatic amines is 1. The first-order chi connectivity index (χ1) is 18.2. The van der Waals surface area contributed by atoms with Crippen molar-refractivity contribution < 1.29 is 14.3 Å². The van der Waals surface area contributed by atoms with Gasteiger partial charge in [-0.1, -0.05) is 42.5 Å². The second-order valence-electron chi connectivity index (χ2n) is 11.0. The molecule has 0 saturated carbocycles. The molecule has 1 aliphatic rings. The largest absolute Gasteiger partial charge is 0.444 e. The number of rotatable bonds is 6. The average Bonchev–Trinajstić information content (AvgIpc) is 3.32. The molecule has 7 heteroatoms. The van der Waals surface area contributed by atoms with Crippen LogP contribution in [0.5, 0.6) is 0 Å². The quantitative estimate of drug-likeness (QED) is 0.298. The Morgan fingerprint density at radius 2 is 1.74 bits per heavy atom. The number of nitrogens with zero attached hydrogens (tertiary/aromatic N) is 2. The van der Waals surface area contributed by atoms with Crippen LogP contribution in [-0.2, 0) is 9.47 Å². The molecule has 1 saturated heterocycles. The van der Waals surface area contributed by atoms with Gasteiger partial charge in [-0.15, -0.1) is 0 Å². The SMILES string of the molecule is CN1CCC(OC(c2cccc(-c3ccc(NC(=O)OC(C)(C)C)cc3)c2)c2nc3ccccc3[nH]2)CC1. The van der Waals surface area contributed by atoms with Crippen LogP contribution in [0.2, 0.25) is 0 Å². The van der Waals surface area contributed by atoms with E-state index in [9.17, 15) is 4.79 Å². The molecule has 3 aromatic carbocycles. The van der Waals surface area contributed by atoms with E-state index in [2.05, 4.69) is 46.5 Å². The number of carbonyl (C=O) groups is 1. The second-order valence-corrected chi connectivity index (χ2v) is 11.0. The first-order valence-corrected chi connectivity index (χ1v) is 13.2. The number of ether oxygens (including phenoxy) is 2. The second kappa shape index (κ2) is 11.0. The van der Waals surface area contributed by atoms with Crippen LogP contribution in [-0.4, -0.2) is 52.8 Å². The van der Waals surface area contributed by atoms with Crippen molar-refractivity contribution in [3.05, 3.63) is 84.2 Å². The van der Waals surface area contributed by atoms with Crippen LogP contribution < -0.4 is 5.32 Å². The minimum absolute atomic E-state index is 0.172. The molecular weight excluding hydrogens is 476 g/mol. The van der Waals surface area contributed by atoms with E-state index in [1.54, 1.807) is 0 Å². The molecular formula is C31H36N4O3. The van der Waals surface area contributed by atoms with Gasteiger partial charge in [-0.3, -0.25) is 5.32 Å². The minimum atomic E-state index is -0.545. The maximum absolute atomic E-state index is 12.1. The summed E-state index contributed by atoms with van der Waals surface area (Å²) in [6.45, 7) is 7.59. The normalized spacial score (nSPS) is 15.9. The van der Waals surface area contributed by atoms with Gasteiger partial charge in [-0.25, -0.2) is 9.78 Å². The van der Waals surface area contributed by atoms with Gasteiger partial charge in [0.25, 0.3) is 0 Å². The smallest absolute Gasteiger partial charge is 0.412 e. The van der Waals surface area contributed by atoms with Gasteiger partial charge in [0.1, 0.15) is 17.5 Å². The molecule has 0 aliphatic carbocycles. The van der Waals surface area contributed by atoms with E-state index in [1.165, 1.54) is 0 Å². The lowest BCUT2D eigenvalue weighted by Crippen LogP contribution is -2.35. The molecule has 5 rings (SSSR count). The number of para-hydroxylation sites is 2. The highest BCUT2D eigenvalue weighted by Gasteiger charge is 2.26. The molecule has 1 aromatic heterocycles. The Morgan fingerprint density at radius 1 is 1.00 bits per heavy atom. The molecule has 2 heterocycles. The fourth-order valence-electron chi connectivity index (χ4n) is 4.76. The zero-order chi connectivity index (χ0) is 26.7. The van der Waals surface area contributed by atoms with Crippen LogP contribution in [0.3, 0.4) is 0 Å².